The zero-order valence-electron chi connectivity index (χ0n) is 12.1. The van der Waals surface area contributed by atoms with Gasteiger partial charge in [-0.3, -0.25) is 9.89 Å². The van der Waals surface area contributed by atoms with Gasteiger partial charge < -0.3 is 5.32 Å². The van der Waals surface area contributed by atoms with Crippen LogP contribution in [-0.4, -0.2) is 30.6 Å². The number of primary sulfonamides is 1. The summed E-state index contributed by atoms with van der Waals surface area (Å²) in [5.74, 6) is -0.513. The number of aryl methyl sites for hydroxylation is 1. The molecule has 0 saturated heterocycles. The van der Waals surface area contributed by atoms with Gasteiger partial charge in [0.05, 0.1) is 5.69 Å². The minimum absolute atomic E-state index is 0.0119. The Morgan fingerprint density at radius 2 is 1.95 bits per heavy atom. The molecule has 1 rings (SSSR count). The van der Waals surface area contributed by atoms with E-state index in [4.69, 9.17) is 5.14 Å². The van der Waals surface area contributed by atoms with Crippen LogP contribution in [0.2, 0.25) is 0 Å². The molecule has 0 fully saturated rings. The van der Waals surface area contributed by atoms with Crippen LogP contribution >= 0.6 is 0 Å². The van der Waals surface area contributed by atoms with Crippen molar-refractivity contribution in [3.8, 4) is 0 Å². The van der Waals surface area contributed by atoms with Crippen LogP contribution in [0.1, 0.15) is 56.2 Å². The summed E-state index contributed by atoms with van der Waals surface area (Å²) >= 11 is 0. The number of nitrogens with two attached hydrogens (primary N) is 1. The standard InChI is InChI=1S/C12H22N4O3S/c1-4-7-9-11(20(13,18)19)10(16-15-9)12(17)14-8(5-2)6-3/h8H,4-7H2,1-3H3,(H,14,17)(H,15,16)(H2,13,18,19). The van der Waals surface area contributed by atoms with E-state index in [1.165, 1.54) is 0 Å². The summed E-state index contributed by atoms with van der Waals surface area (Å²) in [5, 5.41) is 14.4. The molecule has 1 aromatic heterocycles. The quantitative estimate of drug-likeness (QED) is 0.694. The molecule has 0 bridgehead atoms. The number of amides is 1. The van der Waals surface area contributed by atoms with Gasteiger partial charge in [-0.15, -0.1) is 0 Å². The molecule has 0 saturated carbocycles. The summed E-state index contributed by atoms with van der Waals surface area (Å²) in [5.41, 5.74) is 0.229. The van der Waals surface area contributed by atoms with E-state index in [-0.39, 0.29) is 16.6 Å². The molecule has 0 unspecified atom stereocenters. The fourth-order valence-corrected chi connectivity index (χ4v) is 2.89. The number of sulfonamides is 1. The van der Waals surface area contributed by atoms with Gasteiger partial charge >= 0.3 is 0 Å². The maximum atomic E-state index is 12.1. The molecule has 1 aromatic rings. The first-order valence-electron chi connectivity index (χ1n) is 6.75. The van der Waals surface area contributed by atoms with Gasteiger partial charge in [-0.2, -0.15) is 5.10 Å². The van der Waals surface area contributed by atoms with Gasteiger partial charge in [0.2, 0.25) is 10.0 Å². The topological polar surface area (TPSA) is 118 Å². The Kier molecular flexibility index (Phi) is 5.70. The molecule has 0 radical (unpaired) electrons. The lowest BCUT2D eigenvalue weighted by atomic mass is 10.1. The predicted octanol–water partition coefficient (Wildman–Crippen LogP) is 0.928. The molecule has 1 heterocycles. The second kappa shape index (κ2) is 6.85. The normalized spacial score (nSPS) is 11.8. The first kappa shape index (κ1) is 16.6. The summed E-state index contributed by atoms with van der Waals surface area (Å²) in [6, 6.07) is -0.0119. The molecule has 0 aliphatic heterocycles. The van der Waals surface area contributed by atoms with Crippen LogP contribution in [0.5, 0.6) is 0 Å². The molecule has 0 spiro atoms. The van der Waals surface area contributed by atoms with Gasteiger partial charge in [-0.1, -0.05) is 27.2 Å². The van der Waals surface area contributed by atoms with Crippen LogP contribution < -0.4 is 10.5 Å². The zero-order chi connectivity index (χ0) is 15.3. The molecular formula is C12H22N4O3S. The lowest BCUT2D eigenvalue weighted by Gasteiger charge is -2.14. The van der Waals surface area contributed by atoms with Crippen LogP contribution in [0, 0.1) is 0 Å². The third kappa shape index (κ3) is 3.80. The van der Waals surface area contributed by atoms with Crippen molar-refractivity contribution in [3.05, 3.63) is 11.4 Å². The van der Waals surface area contributed by atoms with Crippen molar-refractivity contribution in [2.75, 3.05) is 0 Å². The van der Waals surface area contributed by atoms with Crippen LogP contribution in [0.15, 0.2) is 4.90 Å². The minimum atomic E-state index is -3.99. The summed E-state index contributed by atoms with van der Waals surface area (Å²) in [6.45, 7) is 5.79. The highest BCUT2D eigenvalue weighted by Gasteiger charge is 2.27. The average Bonchev–Trinajstić information content (AvgIpc) is 2.80. The van der Waals surface area contributed by atoms with Gasteiger partial charge in [-0.25, -0.2) is 13.6 Å². The van der Waals surface area contributed by atoms with Crippen molar-refractivity contribution in [2.24, 2.45) is 5.14 Å². The third-order valence-corrected chi connectivity index (χ3v) is 4.12. The van der Waals surface area contributed by atoms with Crippen LogP contribution in [0.4, 0.5) is 0 Å². The summed E-state index contributed by atoms with van der Waals surface area (Å²) in [7, 11) is -3.99. The van der Waals surface area contributed by atoms with E-state index in [2.05, 4.69) is 15.5 Å². The lowest BCUT2D eigenvalue weighted by molar-refractivity contribution is 0.0926. The van der Waals surface area contributed by atoms with Crippen molar-refractivity contribution < 1.29 is 13.2 Å². The van der Waals surface area contributed by atoms with Crippen molar-refractivity contribution in [3.63, 3.8) is 0 Å². The fourth-order valence-electron chi connectivity index (χ4n) is 1.99. The lowest BCUT2D eigenvalue weighted by Crippen LogP contribution is -2.35. The predicted molar refractivity (Wildman–Crippen MR) is 75.8 cm³/mol. The third-order valence-electron chi connectivity index (χ3n) is 3.11. The summed E-state index contributed by atoms with van der Waals surface area (Å²) < 4.78 is 23.4. The number of hydrogen-bond donors (Lipinski definition) is 3. The maximum Gasteiger partial charge on any atom is 0.273 e. The Morgan fingerprint density at radius 3 is 2.40 bits per heavy atom. The summed E-state index contributed by atoms with van der Waals surface area (Å²) in [6.07, 6.45) is 2.72. The number of rotatable bonds is 7. The molecule has 0 aliphatic carbocycles. The van der Waals surface area contributed by atoms with Gasteiger partial charge in [0.1, 0.15) is 4.90 Å². The SMILES string of the molecule is CCCc1[nH]nc(C(=O)NC(CC)CC)c1S(N)(=O)=O. The molecule has 0 aliphatic rings. The monoisotopic (exact) mass is 302 g/mol. The number of nitrogens with one attached hydrogen (secondary N) is 2. The van der Waals surface area contributed by atoms with E-state index in [1.807, 2.05) is 20.8 Å². The molecule has 0 atom stereocenters. The Bertz CT molecular complexity index is 561. The summed E-state index contributed by atoms with van der Waals surface area (Å²) in [4.78, 5) is 12.0. The van der Waals surface area contributed by atoms with Gasteiger partial charge in [0.15, 0.2) is 5.69 Å². The van der Waals surface area contributed by atoms with Gasteiger partial charge in [0.25, 0.3) is 5.91 Å². The zero-order valence-corrected chi connectivity index (χ0v) is 12.9. The highest BCUT2D eigenvalue weighted by Crippen LogP contribution is 2.18. The van der Waals surface area contributed by atoms with Crippen molar-refractivity contribution in [1.82, 2.24) is 15.5 Å². The first-order valence-corrected chi connectivity index (χ1v) is 8.30. The van der Waals surface area contributed by atoms with Crippen LogP contribution in [0.25, 0.3) is 0 Å². The molecule has 114 valence electrons. The maximum absolute atomic E-state index is 12.1. The first-order chi connectivity index (χ1) is 9.35. The molecule has 4 N–H and O–H groups in total. The molecule has 8 heteroatoms. The van der Waals surface area contributed by atoms with Crippen molar-refractivity contribution in [1.29, 1.82) is 0 Å². The van der Waals surface area contributed by atoms with Gasteiger partial charge in [-0.05, 0) is 19.3 Å². The minimum Gasteiger partial charge on any atom is -0.348 e. The van der Waals surface area contributed by atoms with E-state index < -0.39 is 15.9 Å². The van der Waals surface area contributed by atoms with Crippen LogP contribution in [0.3, 0.4) is 0 Å². The number of carbonyl (C=O) groups excluding carboxylic acids is 1. The molecule has 7 nitrogen and oxygen atoms in total. The van der Waals surface area contributed by atoms with E-state index in [0.717, 1.165) is 19.3 Å². The number of hydrogen-bond acceptors (Lipinski definition) is 4. The average molecular weight is 302 g/mol. The molecular weight excluding hydrogens is 280 g/mol. The number of carbonyl (C=O) groups is 1. The van der Waals surface area contributed by atoms with Crippen molar-refractivity contribution >= 4 is 15.9 Å². The van der Waals surface area contributed by atoms with E-state index in [1.54, 1.807) is 0 Å². The Labute approximate surface area is 119 Å². The Balaban J connectivity index is 3.15. The van der Waals surface area contributed by atoms with E-state index in [0.29, 0.717) is 12.1 Å². The Morgan fingerprint density at radius 1 is 1.35 bits per heavy atom. The Hall–Kier alpha value is -1.41. The van der Waals surface area contributed by atoms with Crippen molar-refractivity contribution in [2.45, 2.75) is 57.4 Å². The largest absolute Gasteiger partial charge is 0.348 e. The second-order valence-corrected chi connectivity index (χ2v) is 6.16. The van der Waals surface area contributed by atoms with E-state index in [9.17, 15) is 13.2 Å². The van der Waals surface area contributed by atoms with Crippen LogP contribution in [-0.2, 0) is 16.4 Å². The van der Waals surface area contributed by atoms with E-state index >= 15 is 0 Å². The second-order valence-electron chi connectivity index (χ2n) is 4.66. The number of aromatic amines is 1. The fraction of sp³-hybridized carbons (Fsp3) is 0.667. The number of nitrogens with zero attached hydrogens (tertiary/aromatic N) is 1. The molecule has 0 aromatic carbocycles. The number of H-pyrrole nitrogens is 1. The highest BCUT2D eigenvalue weighted by molar-refractivity contribution is 7.89. The number of aromatic nitrogens is 2. The smallest absolute Gasteiger partial charge is 0.273 e. The molecule has 20 heavy (non-hydrogen) atoms. The van der Waals surface area contributed by atoms with Gasteiger partial charge in [0, 0.05) is 6.04 Å². The molecule has 1 amide bonds. The highest BCUT2D eigenvalue weighted by atomic mass is 32.2.